The SMILES string of the molecule is CC(Cc1ccccc1F)Nc1cccc(C(C)C)c1. The minimum atomic E-state index is -0.128. The van der Waals surface area contributed by atoms with E-state index < -0.39 is 0 Å². The van der Waals surface area contributed by atoms with Crippen LogP contribution in [0.2, 0.25) is 0 Å². The van der Waals surface area contributed by atoms with E-state index in [1.54, 1.807) is 6.07 Å². The van der Waals surface area contributed by atoms with Gasteiger partial charge in [0.1, 0.15) is 5.82 Å². The lowest BCUT2D eigenvalue weighted by atomic mass is 10.0. The first-order valence-electron chi connectivity index (χ1n) is 7.16. The lowest BCUT2D eigenvalue weighted by molar-refractivity contribution is 0.601. The molecule has 1 N–H and O–H groups in total. The van der Waals surface area contributed by atoms with Gasteiger partial charge in [0.2, 0.25) is 0 Å². The Morgan fingerprint density at radius 1 is 1.00 bits per heavy atom. The Morgan fingerprint density at radius 3 is 2.45 bits per heavy atom. The first-order chi connectivity index (χ1) is 9.56. The molecule has 1 unspecified atom stereocenters. The van der Waals surface area contributed by atoms with Gasteiger partial charge >= 0.3 is 0 Å². The van der Waals surface area contributed by atoms with Crippen LogP contribution in [0.3, 0.4) is 0 Å². The van der Waals surface area contributed by atoms with E-state index in [1.165, 1.54) is 11.6 Å². The molecule has 0 saturated carbocycles. The highest BCUT2D eigenvalue weighted by atomic mass is 19.1. The molecule has 1 atom stereocenters. The molecule has 0 aromatic heterocycles. The Bertz CT molecular complexity index is 563. The van der Waals surface area contributed by atoms with Gasteiger partial charge in [-0.15, -0.1) is 0 Å². The van der Waals surface area contributed by atoms with Crippen molar-refractivity contribution in [3.63, 3.8) is 0 Å². The number of halogens is 1. The van der Waals surface area contributed by atoms with Crippen LogP contribution in [-0.2, 0) is 6.42 Å². The van der Waals surface area contributed by atoms with E-state index in [-0.39, 0.29) is 11.9 Å². The average Bonchev–Trinajstić information content (AvgIpc) is 2.41. The molecule has 0 radical (unpaired) electrons. The third kappa shape index (κ3) is 3.83. The average molecular weight is 271 g/mol. The highest BCUT2D eigenvalue weighted by Gasteiger charge is 2.08. The fourth-order valence-corrected chi connectivity index (χ4v) is 2.32. The highest BCUT2D eigenvalue weighted by Crippen LogP contribution is 2.20. The predicted molar refractivity (Wildman–Crippen MR) is 83.7 cm³/mol. The zero-order valence-corrected chi connectivity index (χ0v) is 12.4. The van der Waals surface area contributed by atoms with Crippen LogP contribution in [0.25, 0.3) is 0 Å². The molecule has 0 spiro atoms. The zero-order valence-electron chi connectivity index (χ0n) is 12.4. The molecule has 0 amide bonds. The Hall–Kier alpha value is -1.83. The maximum Gasteiger partial charge on any atom is 0.126 e. The second-order valence-electron chi connectivity index (χ2n) is 5.62. The van der Waals surface area contributed by atoms with Crippen molar-refractivity contribution in [3.05, 3.63) is 65.5 Å². The summed E-state index contributed by atoms with van der Waals surface area (Å²) in [6.45, 7) is 6.44. The maximum absolute atomic E-state index is 13.6. The van der Waals surface area contributed by atoms with Crippen molar-refractivity contribution in [1.29, 1.82) is 0 Å². The van der Waals surface area contributed by atoms with Gasteiger partial charge in [-0.05, 0) is 48.6 Å². The summed E-state index contributed by atoms with van der Waals surface area (Å²) in [5.41, 5.74) is 3.17. The van der Waals surface area contributed by atoms with Crippen molar-refractivity contribution in [2.45, 2.75) is 39.2 Å². The summed E-state index contributed by atoms with van der Waals surface area (Å²) >= 11 is 0. The van der Waals surface area contributed by atoms with E-state index in [9.17, 15) is 4.39 Å². The fraction of sp³-hybridized carbons (Fsp3) is 0.333. The Balaban J connectivity index is 2.03. The molecule has 0 aliphatic rings. The maximum atomic E-state index is 13.6. The molecule has 106 valence electrons. The van der Waals surface area contributed by atoms with Gasteiger partial charge in [0.15, 0.2) is 0 Å². The second kappa shape index (κ2) is 6.56. The van der Waals surface area contributed by atoms with Gasteiger partial charge in [-0.1, -0.05) is 44.2 Å². The minimum Gasteiger partial charge on any atom is -0.382 e. The highest BCUT2D eigenvalue weighted by molar-refractivity contribution is 5.47. The quantitative estimate of drug-likeness (QED) is 0.807. The molecule has 0 heterocycles. The number of hydrogen-bond donors (Lipinski definition) is 1. The van der Waals surface area contributed by atoms with Gasteiger partial charge in [-0.3, -0.25) is 0 Å². The van der Waals surface area contributed by atoms with Crippen LogP contribution in [-0.4, -0.2) is 6.04 Å². The molecule has 2 aromatic carbocycles. The Kier molecular flexibility index (Phi) is 4.78. The molecule has 2 heteroatoms. The fourth-order valence-electron chi connectivity index (χ4n) is 2.32. The van der Waals surface area contributed by atoms with Crippen LogP contribution < -0.4 is 5.32 Å². The first-order valence-corrected chi connectivity index (χ1v) is 7.16. The van der Waals surface area contributed by atoms with Crippen molar-refractivity contribution in [1.82, 2.24) is 0 Å². The van der Waals surface area contributed by atoms with Crippen molar-refractivity contribution in [3.8, 4) is 0 Å². The molecule has 0 saturated heterocycles. The first kappa shape index (κ1) is 14.6. The standard InChI is InChI=1S/C18H22FN/c1-13(2)15-8-6-9-17(12-15)20-14(3)11-16-7-4-5-10-18(16)19/h4-10,12-14,20H,11H2,1-3H3. The van der Waals surface area contributed by atoms with Crippen LogP contribution in [0, 0.1) is 5.82 Å². The minimum absolute atomic E-state index is 0.128. The summed E-state index contributed by atoms with van der Waals surface area (Å²) < 4.78 is 13.6. The third-order valence-electron chi connectivity index (χ3n) is 3.45. The lowest BCUT2D eigenvalue weighted by Gasteiger charge is -2.17. The number of nitrogens with one attached hydrogen (secondary N) is 1. The molecular formula is C18H22FN. The van der Waals surface area contributed by atoms with Crippen molar-refractivity contribution < 1.29 is 4.39 Å². The summed E-state index contributed by atoms with van der Waals surface area (Å²) in [5, 5.41) is 3.45. The summed E-state index contributed by atoms with van der Waals surface area (Å²) in [4.78, 5) is 0. The smallest absolute Gasteiger partial charge is 0.126 e. The summed E-state index contributed by atoms with van der Waals surface area (Å²) in [6, 6.07) is 15.6. The molecule has 1 nitrogen and oxygen atoms in total. The number of rotatable bonds is 5. The topological polar surface area (TPSA) is 12.0 Å². The van der Waals surface area contributed by atoms with E-state index >= 15 is 0 Å². The molecule has 2 aromatic rings. The Morgan fingerprint density at radius 2 is 1.75 bits per heavy atom. The molecule has 0 fully saturated rings. The van der Waals surface area contributed by atoms with Crippen LogP contribution in [0.5, 0.6) is 0 Å². The molecule has 0 bridgehead atoms. The summed E-state index contributed by atoms with van der Waals surface area (Å²) in [7, 11) is 0. The van der Waals surface area contributed by atoms with Crippen LogP contribution >= 0.6 is 0 Å². The van der Waals surface area contributed by atoms with Gasteiger partial charge in [0.05, 0.1) is 0 Å². The van der Waals surface area contributed by atoms with Crippen LogP contribution in [0.4, 0.5) is 10.1 Å². The number of anilines is 1. The molecular weight excluding hydrogens is 249 g/mol. The van der Waals surface area contributed by atoms with Gasteiger partial charge in [0.25, 0.3) is 0 Å². The van der Waals surface area contributed by atoms with E-state index in [0.717, 1.165) is 11.3 Å². The third-order valence-corrected chi connectivity index (χ3v) is 3.45. The van der Waals surface area contributed by atoms with E-state index in [0.29, 0.717) is 12.3 Å². The normalized spacial score (nSPS) is 12.4. The lowest BCUT2D eigenvalue weighted by Crippen LogP contribution is -2.18. The van der Waals surface area contributed by atoms with Crippen molar-refractivity contribution >= 4 is 5.69 Å². The number of benzene rings is 2. The molecule has 0 aliphatic carbocycles. The van der Waals surface area contributed by atoms with Crippen LogP contribution in [0.1, 0.15) is 37.8 Å². The van der Waals surface area contributed by atoms with Crippen molar-refractivity contribution in [2.24, 2.45) is 0 Å². The summed E-state index contributed by atoms with van der Waals surface area (Å²) in [6.07, 6.45) is 0.679. The van der Waals surface area contributed by atoms with Crippen molar-refractivity contribution in [2.75, 3.05) is 5.32 Å². The molecule has 20 heavy (non-hydrogen) atoms. The zero-order chi connectivity index (χ0) is 14.5. The van der Waals surface area contributed by atoms with E-state index in [1.807, 2.05) is 12.1 Å². The summed E-state index contributed by atoms with van der Waals surface area (Å²) in [5.74, 6) is 0.385. The van der Waals surface area contributed by atoms with Crippen LogP contribution in [0.15, 0.2) is 48.5 Å². The number of hydrogen-bond acceptors (Lipinski definition) is 1. The predicted octanol–water partition coefficient (Wildman–Crippen LogP) is 4.99. The molecule has 0 aliphatic heterocycles. The van der Waals surface area contributed by atoms with Gasteiger partial charge in [-0.25, -0.2) is 4.39 Å². The Labute approximate surface area is 120 Å². The van der Waals surface area contributed by atoms with Gasteiger partial charge < -0.3 is 5.32 Å². The van der Waals surface area contributed by atoms with E-state index in [2.05, 4.69) is 50.4 Å². The van der Waals surface area contributed by atoms with E-state index in [4.69, 9.17) is 0 Å². The monoisotopic (exact) mass is 271 g/mol. The largest absolute Gasteiger partial charge is 0.382 e. The second-order valence-corrected chi connectivity index (χ2v) is 5.62. The van der Waals surface area contributed by atoms with Gasteiger partial charge in [-0.2, -0.15) is 0 Å². The van der Waals surface area contributed by atoms with Gasteiger partial charge in [0, 0.05) is 11.7 Å². The molecule has 2 rings (SSSR count).